The van der Waals surface area contributed by atoms with Crippen LogP contribution >= 0.6 is 11.8 Å². The first-order valence-corrected chi connectivity index (χ1v) is 6.22. The predicted molar refractivity (Wildman–Crippen MR) is 73.1 cm³/mol. The van der Waals surface area contributed by atoms with Gasteiger partial charge in [-0.2, -0.15) is 0 Å². The van der Waals surface area contributed by atoms with Gasteiger partial charge in [0.15, 0.2) is 5.16 Å². The van der Waals surface area contributed by atoms with Gasteiger partial charge in [0.05, 0.1) is 0 Å². The van der Waals surface area contributed by atoms with Crippen LogP contribution in [0.2, 0.25) is 0 Å². The molecule has 0 atom stereocenters. The molecule has 1 aromatic carbocycles. The number of hydrogen-bond donors (Lipinski definition) is 3. The molecule has 0 fully saturated rings. The van der Waals surface area contributed by atoms with Crippen molar-refractivity contribution in [3.63, 3.8) is 0 Å². The Morgan fingerprint density at radius 2 is 2.11 bits per heavy atom. The van der Waals surface area contributed by atoms with Gasteiger partial charge in [-0.25, -0.2) is 4.98 Å². The summed E-state index contributed by atoms with van der Waals surface area (Å²) in [5.41, 5.74) is 12.2. The van der Waals surface area contributed by atoms with Crippen LogP contribution in [-0.2, 0) is 0 Å². The highest BCUT2D eigenvalue weighted by Gasteiger charge is 2.08. The second-order valence-electron chi connectivity index (χ2n) is 3.91. The lowest BCUT2D eigenvalue weighted by molar-refractivity contribution is 0.100. The molecule has 0 aliphatic heterocycles. The van der Waals surface area contributed by atoms with Crippen LogP contribution in [0.5, 0.6) is 0 Å². The van der Waals surface area contributed by atoms with E-state index in [-0.39, 0.29) is 5.56 Å². The lowest BCUT2D eigenvalue weighted by Gasteiger charge is -2.06. The first-order valence-electron chi connectivity index (χ1n) is 5.41. The summed E-state index contributed by atoms with van der Waals surface area (Å²) in [6.45, 7) is 1.73. The number of hydrogen-bond acceptors (Lipinski definition) is 5. The Labute approximate surface area is 113 Å². The van der Waals surface area contributed by atoms with Crippen LogP contribution in [0.15, 0.2) is 39.1 Å². The molecule has 7 heteroatoms. The molecule has 1 heterocycles. The van der Waals surface area contributed by atoms with Crippen LogP contribution in [0, 0.1) is 6.92 Å². The lowest BCUT2D eigenvalue weighted by atomic mass is 10.2. The number of aromatic nitrogens is 2. The van der Waals surface area contributed by atoms with E-state index in [9.17, 15) is 9.59 Å². The summed E-state index contributed by atoms with van der Waals surface area (Å²) < 4.78 is 0. The van der Waals surface area contributed by atoms with Crippen molar-refractivity contribution in [1.82, 2.24) is 9.97 Å². The van der Waals surface area contributed by atoms with Crippen molar-refractivity contribution in [3.8, 4) is 0 Å². The fraction of sp³-hybridized carbons (Fsp3) is 0.0833. The fourth-order valence-corrected chi connectivity index (χ4v) is 2.36. The molecule has 0 saturated carbocycles. The maximum atomic E-state index is 11.3. The molecule has 19 heavy (non-hydrogen) atoms. The summed E-state index contributed by atoms with van der Waals surface area (Å²) in [5, 5.41) is 0.448. The van der Waals surface area contributed by atoms with Gasteiger partial charge in [-0.15, -0.1) is 0 Å². The van der Waals surface area contributed by atoms with E-state index in [1.807, 2.05) is 0 Å². The first-order chi connectivity index (χ1) is 8.95. The number of aromatic amines is 1. The summed E-state index contributed by atoms with van der Waals surface area (Å²) in [7, 11) is 0. The zero-order valence-corrected chi connectivity index (χ0v) is 11.0. The number of carbonyl (C=O) groups is 1. The van der Waals surface area contributed by atoms with Gasteiger partial charge in [0, 0.05) is 27.9 Å². The minimum absolute atomic E-state index is 0.220. The highest BCUT2D eigenvalue weighted by atomic mass is 32.2. The van der Waals surface area contributed by atoms with Crippen molar-refractivity contribution in [3.05, 3.63) is 45.9 Å². The van der Waals surface area contributed by atoms with Gasteiger partial charge >= 0.3 is 0 Å². The number of aryl methyl sites for hydroxylation is 1. The molecule has 98 valence electrons. The third kappa shape index (κ3) is 3.14. The number of carbonyl (C=O) groups excluding carboxylic acids is 1. The van der Waals surface area contributed by atoms with Gasteiger partial charge in [0.25, 0.3) is 5.56 Å². The summed E-state index contributed by atoms with van der Waals surface area (Å²) in [6, 6.07) is 6.15. The van der Waals surface area contributed by atoms with E-state index in [0.29, 0.717) is 27.0 Å². The number of primary amides is 1. The molecule has 2 rings (SSSR count). The second-order valence-corrected chi connectivity index (χ2v) is 4.94. The van der Waals surface area contributed by atoms with Gasteiger partial charge in [-0.05, 0) is 36.9 Å². The Balaban J connectivity index is 2.33. The molecule has 0 saturated heterocycles. The molecular weight excluding hydrogens is 264 g/mol. The number of nitrogens with one attached hydrogen (secondary N) is 1. The van der Waals surface area contributed by atoms with Gasteiger partial charge in [-0.1, -0.05) is 0 Å². The molecule has 6 nitrogen and oxygen atoms in total. The monoisotopic (exact) mass is 276 g/mol. The van der Waals surface area contributed by atoms with E-state index in [1.54, 1.807) is 19.1 Å². The lowest BCUT2D eigenvalue weighted by Crippen LogP contribution is -2.11. The van der Waals surface area contributed by atoms with Gasteiger partial charge < -0.3 is 16.5 Å². The van der Waals surface area contributed by atoms with Crippen molar-refractivity contribution < 1.29 is 4.79 Å². The Morgan fingerprint density at radius 1 is 1.37 bits per heavy atom. The molecule has 0 spiro atoms. The number of amides is 1. The van der Waals surface area contributed by atoms with E-state index in [0.717, 1.165) is 0 Å². The normalized spacial score (nSPS) is 10.4. The van der Waals surface area contributed by atoms with Gasteiger partial charge in [0.2, 0.25) is 5.91 Å². The topological polar surface area (TPSA) is 115 Å². The first kappa shape index (κ1) is 13.2. The van der Waals surface area contributed by atoms with Crippen LogP contribution in [-0.4, -0.2) is 15.9 Å². The van der Waals surface area contributed by atoms with E-state index >= 15 is 0 Å². The summed E-state index contributed by atoms with van der Waals surface area (Å²) in [6.07, 6.45) is 0. The molecule has 0 bridgehead atoms. The maximum absolute atomic E-state index is 11.3. The minimum atomic E-state index is -0.537. The van der Waals surface area contributed by atoms with E-state index in [4.69, 9.17) is 11.5 Å². The Morgan fingerprint density at radius 3 is 2.68 bits per heavy atom. The average molecular weight is 276 g/mol. The van der Waals surface area contributed by atoms with Gasteiger partial charge in [0.1, 0.15) is 0 Å². The molecule has 1 amide bonds. The van der Waals surface area contributed by atoms with Crippen LogP contribution < -0.4 is 17.0 Å². The zero-order valence-electron chi connectivity index (χ0n) is 10.1. The zero-order chi connectivity index (χ0) is 14.0. The van der Waals surface area contributed by atoms with E-state index < -0.39 is 5.91 Å². The summed E-state index contributed by atoms with van der Waals surface area (Å²) >= 11 is 1.22. The number of benzene rings is 1. The van der Waals surface area contributed by atoms with Crippen LogP contribution in [0.25, 0.3) is 0 Å². The molecule has 0 radical (unpaired) electrons. The Kier molecular flexibility index (Phi) is 3.57. The quantitative estimate of drug-likeness (QED) is 0.569. The van der Waals surface area contributed by atoms with Crippen molar-refractivity contribution in [2.45, 2.75) is 17.0 Å². The van der Waals surface area contributed by atoms with E-state index in [2.05, 4.69) is 9.97 Å². The summed E-state index contributed by atoms with van der Waals surface area (Å²) in [5.74, 6) is -0.537. The molecule has 1 aromatic heterocycles. The SMILES string of the molecule is Cc1cc(=O)[nH]c(Sc2ccc(C(N)=O)cc2N)n1. The molecule has 5 N–H and O–H groups in total. The van der Waals surface area contributed by atoms with Crippen molar-refractivity contribution >= 4 is 23.4 Å². The number of rotatable bonds is 3. The number of anilines is 1. The van der Waals surface area contributed by atoms with Crippen LogP contribution in [0.1, 0.15) is 16.1 Å². The smallest absolute Gasteiger partial charge is 0.251 e. The number of H-pyrrole nitrogens is 1. The van der Waals surface area contributed by atoms with Gasteiger partial charge in [-0.3, -0.25) is 9.59 Å². The van der Waals surface area contributed by atoms with Crippen molar-refractivity contribution in [2.24, 2.45) is 5.73 Å². The maximum Gasteiger partial charge on any atom is 0.251 e. The molecule has 0 aliphatic rings. The number of nitrogens with zero attached hydrogens (tertiary/aromatic N) is 1. The molecular formula is C12H12N4O2S. The Hall–Kier alpha value is -2.28. The average Bonchev–Trinajstić information content (AvgIpc) is 2.30. The standard InChI is InChI=1S/C12H12N4O2S/c1-6-4-10(17)16-12(15-6)19-9-3-2-7(11(14)18)5-8(9)13/h2-5H,13H2,1H3,(H2,14,18)(H,15,16,17). The van der Waals surface area contributed by atoms with Crippen molar-refractivity contribution in [2.75, 3.05) is 5.73 Å². The second kappa shape index (κ2) is 5.15. The summed E-state index contributed by atoms with van der Waals surface area (Å²) in [4.78, 5) is 29.8. The number of nitrogen functional groups attached to an aromatic ring is 1. The Bertz CT molecular complexity index is 696. The minimum Gasteiger partial charge on any atom is -0.398 e. The predicted octanol–water partition coefficient (Wildman–Crippen LogP) is 0.911. The highest BCUT2D eigenvalue weighted by Crippen LogP contribution is 2.29. The molecule has 0 aliphatic carbocycles. The number of nitrogens with two attached hydrogens (primary N) is 2. The highest BCUT2D eigenvalue weighted by molar-refractivity contribution is 7.99. The van der Waals surface area contributed by atoms with Crippen LogP contribution in [0.4, 0.5) is 5.69 Å². The van der Waals surface area contributed by atoms with E-state index in [1.165, 1.54) is 23.9 Å². The third-order valence-electron chi connectivity index (χ3n) is 2.35. The van der Waals surface area contributed by atoms with Crippen LogP contribution in [0.3, 0.4) is 0 Å². The third-order valence-corrected chi connectivity index (χ3v) is 3.33. The fourth-order valence-electron chi connectivity index (χ4n) is 1.50. The largest absolute Gasteiger partial charge is 0.398 e. The molecule has 0 unspecified atom stereocenters. The molecule has 2 aromatic rings. The van der Waals surface area contributed by atoms with Crippen molar-refractivity contribution in [1.29, 1.82) is 0 Å².